The van der Waals surface area contributed by atoms with Crippen LogP contribution in [0.4, 0.5) is 10.1 Å². The Hall–Kier alpha value is -2.71. The lowest BCUT2D eigenvalue weighted by Crippen LogP contribution is -2.42. The highest BCUT2D eigenvalue weighted by atomic mass is 35.5. The molecule has 2 heterocycles. The topological polar surface area (TPSA) is 84.4 Å². The van der Waals surface area contributed by atoms with Gasteiger partial charge in [-0.3, -0.25) is 9.69 Å². The van der Waals surface area contributed by atoms with Gasteiger partial charge in [0.15, 0.2) is 5.76 Å². The largest absolute Gasteiger partial charge is 0.459 e. The first kappa shape index (κ1) is 20.0. The number of nitrogens with zero attached hydrogens (tertiary/aromatic N) is 3. The first-order valence-electron chi connectivity index (χ1n) is 8.84. The summed E-state index contributed by atoms with van der Waals surface area (Å²) in [6.07, 6.45) is 2.35. The second-order valence-corrected chi connectivity index (χ2v) is 6.65. The summed E-state index contributed by atoms with van der Waals surface area (Å²) in [5.74, 6) is 0.406. The van der Waals surface area contributed by atoms with Crippen LogP contribution in [-0.4, -0.2) is 33.6 Å². The Balaban J connectivity index is 1.69. The molecule has 0 saturated carbocycles. The van der Waals surface area contributed by atoms with Gasteiger partial charge in [-0.05, 0) is 50.2 Å². The van der Waals surface area contributed by atoms with Crippen LogP contribution < -0.4 is 5.32 Å². The Morgan fingerprint density at radius 2 is 2.18 bits per heavy atom. The number of hydrogen-bond acceptors (Lipinski definition) is 6. The van der Waals surface area contributed by atoms with E-state index in [1.807, 2.05) is 11.8 Å². The SMILES string of the molecule is CCCN(Cc1nnc(-c2ccco2)o1)[C@H](C)C(=O)Nc1ccc(F)cc1Cl. The first-order chi connectivity index (χ1) is 13.5. The van der Waals surface area contributed by atoms with Gasteiger partial charge in [-0.1, -0.05) is 18.5 Å². The summed E-state index contributed by atoms with van der Waals surface area (Å²) in [5, 5.41) is 10.9. The predicted octanol–water partition coefficient (Wildman–Crippen LogP) is 4.36. The van der Waals surface area contributed by atoms with Crippen LogP contribution in [0.2, 0.25) is 5.02 Å². The van der Waals surface area contributed by atoms with Gasteiger partial charge in [-0.2, -0.15) is 0 Å². The van der Waals surface area contributed by atoms with Gasteiger partial charge in [0.1, 0.15) is 5.82 Å². The van der Waals surface area contributed by atoms with E-state index in [2.05, 4.69) is 15.5 Å². The molecule has 2 aromatic heterocycles. The third-order valence-corrected chi connectivity index (χ3v) is 4.48. The molecule has 0 radical (unpaired) electrons. The molecule has 0 aliphatic carbocycles. The Morgan fingerprint density at radius 1 is 1.36 bits per heavy atom. The molecular weight excluding hydrogens is 387 g/mol. The summed E-state index contributed by atoms with van der Waals surface area (Å²) in [7, 11) is 0. The number of anilines is 1. The number of amides is 1. The van der Waals surface area contributed by atoms with E-state index in [0.29, 0.717) is 30.4 Å². The third-order valence-electron chi connectivity index (χ3n) is 4.16. The van der Waals surface area contributed by atoms with E-state index >= 15 is 0 Å². The van der Waals surface area contributed by atoms with Crippen LogP contribution in [0.1, 0.15) is 26.2 Å². The molecule has 0 saturated heterocycles. The molecule has 9 heteroatoms. The zero-order valence-electron chi connectivity index (χ0n) is 15.5. The van der Waals surface area contributed by atoms with Gasteiger partial charge < -0.3 is 14.2 Å². The molecule has 0 aliphatic heterocycles. The minimum absolute atomic E-state index is 0.141. The number of halogens is 2. The minimum Gasteiger partial charge on any atom is -0.459 e. The number of carbonyl (C=O) groups excluding carboxylic acids is 1. The van der Waals surface area contributed by atoms with E-state index in [1.165, 1.54) is 18.4 Å². The number of carbonyl (C=O) groups is 1. The van der Waals surface area contributed by atoms with Crippen LogP contribution in [0.5, 0.6) is 0 Å². The van der Waals surface area contributed by atoms with Crippen LogP contribution in [0.25, 0.3) is 11.7 Å². The summed E-state index contributed by atoms with van der Waals surface area (Å²) in [6.45, 7) is 4.72. The monoisotopic (exact) mass is 406 g/mol. The second kappa shape index (κ2) is 8.99. The Labute approximate surface area is 166 Å². The fourth-order valence-corrected chi connectivity index (χ4v) is 2.90. The molecule has 0 bridgehead atoms. The maximum Gasteiger partial charge on any atom is 0.283 e. The van der Waals surface area contributed by atoms with E-state index in [0.717, 1.165) is 12.5 Å². The van der Waals surface area contributed by atoms with Gasteiger partial charge in [-0.15, -0.1) is 10.2 Å². The van der Waals surface area contributed by atoms with Gasteiger partial charge >= 0.3 is 0 Å². The summed E-state index contributed by atoms with van der Waals surface area (Å²) in [5.41, 5.74) is 0.356. The van der Waals surface area contributed by atoms with Crippen molar-refractivity contribution in [1.82, 2.24) is 15.1 Å². The van der Waals surface area contributed by atoms with Crippen molar-refractivity contribution < 1.29 is 18.0 Å². The molecule has 1 aromatic carbocycles. The van der Waals surface area contributed by atoms with Crippen LogP contribution in [-0.2, 0) is 11.3 Å². The van der Waals surface area contributed by atoms with Crippen molar-refractivity contribution in [3.8, 4) is 11.7 Å². The van der Waals surface area contributed by atoms with Crippen molar-refractivity contribution in [2.75, 3.05) is 11.9 Å². The molecule has 7 nitrogen and oxygen atoms in total. The van der Waals surface area contributed by atoms with Crippen molar-refractivity contribution in [2.45, 2.75) is 32.9 Å². The van der Waals surface area contributed by atoms with Crippen molar-refractivity contribution in [1.29, 1.82) is 0 Å². The zero-order chi connectivity index (χ0) is 20.1. The summed E-state index contributed by atoms with van der Waals surface area (Å²) < 4.78 is 24.1. The fourth-order valence-electron chi connectivity index (χ4n) is 2.68. The lowest BCUT2D eigenvalue weighted by molar-refractivity contribution is -0.121. The van der Waals surface area contributed by atoms with Crippen molar-refractivity contribution >= 4 is 23.2 Å². The molecule has 148 valence electrons. The highest BCUT2D eigenvalue weighted by molar-refractivity contribution is 6.33. The predicted molar refractivity (Wildman–Crippen MR) is 102 cm³/mol. The third kappa shape index (κ3) is 4.76. The molecule has 1 N–H and O–H groups in total. The van der Waals surface area contributed by atoms with E-state index in [-0.39, 0.29) is 16.8 Å². The van der Waals surface area contributed by atoms with E-state index < -0.39 is 11.9 Å². The van der Waals surface area contributed by atoms with E-state index in [9.17, 15) is 9.18 Å². The average molecular weight is 407 g/mol. The summed E-state index contributed by atoms with van der Waals surface area (Å²) >= 11 is 5.99. The fraction of sp³-hybridized carbons (Fsp3) is 0.316. The zero-order valence-corrected chi connectivity index (χ0v) is 16.2. The Bertz CT molecular complexity index is 929. The van der Waals surface area contributed by atoms with Gasteiger partial charge in [-0.25, -0.2) is 4.39 Å². The number of furan rings is 1. The molecule has 3 rings (SSSR count). The molecular formula is C19H20ClFN4O3. The van der Waals surface area contributed by atoms with Crippen LogP contribution in [0.15, 0.2) is 45.4 Å². The minimum atomic E-state index is -0.500. The lowest BCUT2D eigenvalue weighted by Gasteiger charge is -2.26. The first-order valence-corrected chi connectivity index (χ1v) is 9.22. The number of aromatic nitrogens is 2. The molecule has 1 amide bonds. The maximum atomic E-state index is 13.2. The number of benzene rings is 1. The summed E-state index contributed by atoms with van der Waals surface area (Å²) in [4.78, 5) is 14.6. The molecule has 0 aliphatic rings. The lowest BCUT2D eigenvalue weighted by atomic mass is 10.2. The number of nitrogens with one attached hydrogen (secondary N) is 1. The quantitative estimate of drug-likeness (QED) is 0.598. The second-order valence-electron chi connectivity index (χ2n) is 6.24. The molecule has 0 spiro atoms. The molecule has 0 fully saturated rings. The Morgan fingerprint density at radius 3 is 2.86 bits per heavy atom. The normalized spacial score (nSPS) is 12.3. The van der Waals surface area contributed by atoms with Crippen molar-refractivity contribution in [3.63, 3.8) is 0 Å². The number of hydrogen-bond donors (Lipinski definition) is 1. The molecule has 28 heavy (non-hydrogen) atoms. The van der Waals surface area contributed by atoms with Gasteiger partial charge in [0.25, 0.3) is 5.89 Å². The number of rotatable bonds is 8. The Kier molecular flexibility index (Phi) is 6.43. The van der Waals surface area contributed by atoms with Crippen LogP contribution in [0, 0.1) is 5.82 Å². The van der Waals surface area contributed by atoms with Crippen LogP contribution >= 0.6 is 11.6 Å². The van der Waals surface area contributed by atoms with Crippen molar-refractivity contribution in [3.05, 3.63) is 53.3 Å². The van der Waals surface area contributed by atoms with E-state index in [1.54, 1.807) is 19.1 Å². The van der Waals surface area contributed by atoms with Gasteiger partial charge in [0.2, 0.25) is 11.8 Å². The van der Waals surface area contributed by atoms with Crippen molar-refractivity contribution in [2.24, 2.45) is 0 Å². The molecule has 1 atom stereocenters. The summed E-state index contributed by atoms with van der Waals surface area (Å²) in [6, 6.07) is 6.78. The maximum absolute atomic E-state index is 13.2. The highest BCUT2D eigenvalue weighted by Crippen LogP contribution is 2.23. The smallest absolute Gasteiger partial charge is 0.283 e. The van der Waals surface area contributed by atoms with Crippen LogP contribution in [0.3, 0.4) is 0 Å². The molecule has 0 unspecified atom stereocenters. The van der Waals surface area contributed by atoms with Gasteiger partial charge in [0.05, 0.1) is 29.6 Å². The van der Waals surface area contributed by atoms with E-state index in [4.69, 9.17) is 20.4 Å². The average Bonchev–Trinajstić information content (AvgIpc) is 3.34. The van der Waals surface area contributed by atoms with Gasteiger partial charge in [0, 0.05) is 0 Å². The standard InChI is InChI=1S/C19H20ClFN4O3/c1-3-8-25(11-17-23-24-19(28-17)16-5-4-9-27-16)12(2)18(26)22-15-7-6-13(21)10-14(15)20/h4-7,9-10,12H,3,8,11H2,1-2H3,(H,22,26)/t12-/m1/s1. The molecule has 3 aromatic rings. The highest BCUT2D eigenvalue weighted by Gasteiger charge is 2.24.